The Bertz CT molecular complexity index is 463. The largest absolute Gasteiger partial charge is 0.324 e. The van der Waals surface area contributed by atoms with Crippen LogP contribution >= 0.6 is 24.8 Å². The first kappa shape index (κ1) is 25.4. The molecule has 6 heteroatoms. The highest BCUT2D eigenvalue weighted by molar-refractivity contribution is 5.95. The maximum atomic E-state index is 12.8. The minimum absolute atomic E-state index is 0. The monoisotopic (exact) mass is 377 g/mol. The minimum Gasteiger partial charge on any atom is -0.324 e. The standard InChI is InChI=1S/C18H31N3O.2ClH/c1-6-20(7-2)14-17(21(8-3)9-4)18(22)19-16-13-11-10-12-15(16)5;;/h10-13,17H,6-9,14H2,1-5H3,(H,19,22);2*1H. The van der Waals surface area contributed by atoms with Crippen LogP contribution in [0.15, 0.2) is 24.3 Å². The summed E-state index contributed by atoms with van der Waals surface area (Å²) in [4.78, 5) is 17.3. The van der Waals surface area contributed by atoms with E-state index in [1.165, 1.54) is 0 Å². The Morgan fingerprint density at radius 2 is 1.54 bits per heavy atom. The molecule has 1 aromatic rings. The zero-order valence-corrected chi connectivity index (χ0v) is 17.2. The lowest BCUT2D eigenvalue weighted by Gasteiger charge is -2.32. The van der Waals surface area contributed by atoms with Gasteiger partial charge in [-0.2, -0.15) is 0 Å². The molecular weight excluding hydrogens is 345 g/mol. The second kappa shape index (κ2) is 13.5. The number of benzene rings is 1. The van der Waals surface area contributed by atoms with Crippen molar-refractivity contribution in [2.45, 2.75) is 40.7 Å². The van der Waals surface area contributed by atoms with Crippen LogP contribution in [-0.2, 0) is 4.79 Å². The van der Waals surface area contributed by atoms with Gasteiger partial charge in [-0.25, -0.2) is 0 Å². The number of halogens is 2. The van der Waals surface area contributed by atoms with Crippen molar-refractivity contribution in [1.82, 2.24) is 9.80 Å². The Kier molecular flexibility index (Phi) is 14.3. The quantitative estimate of drug-likeness (QED) is 0.709. The summed E-state index contributed by atoms with van der Waals surface area (Å²) < 4.78 is 0. The fraction of sp³-hybridized carbons (Fsp3) is 0.611. The number of nitrogens with one attached hydrogen (secondary N) is 1. The molecule has 0 spiro atoms. The highest BCUT2D eigenvalue weighted by atomic mass is 35.5. The van der Waals surface area contributed by atoms with Gasteiger partial charge in [0.15, 0.2) is 0 Å². The summed E-state index contributed by atoms with van der Waals surface area (Å²) in [6.45, 7) is 15.0. The third-order valence-electron chi connectivity index (χ3n) is 4.28. The lowest BCUT2D eigenvalue weighted by Crippen LogP contribution is -2.50. The van der Waals surface area contributed by atoms with Crippen molar-refractivity contribution in [1.29, 1.82) is 0 Å². The van der Waals surface area contributed by atoms with Gasteiger partial charge in [-0.1, -0.05) is 45.9 Å². The molecule has 0 saturated carbocycles. The average molecular weight is 378 g/mol. The molecule has 0 radical (unpaired) electrons. The van der Waals surface area contributed by atoms with E-state index in [-0.39, 0.29) is 36.8 Å². The number of carbonyl (C=O) groups is 1. The fourth-order valence-corrected chi connectivity index (χ4v) is 2.68. The molecule has 1 atom stereocenters. The van der Waals surface area contributed by atoms with Crippen LogP contribution in [0.1, 0.15) is 33.3 Å². The van der Waals surface area contributed by atoms with Gasteiger partial charge in [-0.3, -0.25) is 9.69 Å². The Balaban J connectivity index is 0. The summed E-state index contributed by atoms with van der Waals surface area (Å²) in [6, 6.07) is 7.81. The fourth-order valence-electron chi connectivity index (χ4n) is 2.68. The molecular formula is C18H33Cl2N3O. The maximum absolute atomic E-state index is 12.8. The van der Waals surface area contributed by atoms with E-state index in [2.05, 4.69) is 42.8 Å². The number of hydrogen-bond acceptors (Lipinski definition) is 3. The smallest absolute Gasteiger partial charge is 0.243 e. The van der Waals surface area contributed by atoms with Crippen molar-refractivity contribution in [2.75, 3.05) is 38.0 Å². The van der Waals surface area contributed by atoms with Crippen molar-refractivity contribution >= 4 is 36.4 Å². The first-order valence-corrected chi connectivity index (χ1v) is 8.40. The summed E-state index contributed by atoms with van der Waals surface area (Å²) in [5.41, 5.74) is 2.00. The summed E-state index contributed by atoms with van der Waals surface area (Å²) in [5, 5.41) is 3.11. The number of aryl methyl sites for hydroxylation is 1. The van der Waals surface area contributed by atoms with Gasteiger partial charge in [0.05, 0.1) is 0 Å². The minimum atomic E-state index is -0.116. The highest BCUT2D eigenvalue weighted by Crippen LogP contribution is 2.15. The first-order valence-electron chi connectivity index (χ1n) is 8.40. The molecule has 1 N–H and O–H groups in total. The van der Waals surface area contributed by atoms with Gasteiger partial charge < -0.3 is 10.2 Å². The summed E-state index contributed by atoms with van der Waals surface area (Å²) in [7, 11) is 0. The molecule has 1 amide bonds. The number of carbonyl (C=O) groups excluding carboxylic acids is 1. The number of anilines is 1. The van der Waals surface area contributed by atoms with Crippen molar-refractivity contribution < 1.29 is 4.79 Å². The lowest BCUT2D eigenvalue weighted by atomic mass is 10.1. The van der Waals surface area contributed by atoms with Gasteiger partial charge in [0.2, 0.25) is 5.91 Å². The molecule has 0 bridgehead atoms. The Morgan fingerprint density at radius 1 is 1.00 bits per heavy atom. The third-order valence-corrected chi connectivity index (χ3v) is 4.28. The molecule has 0 fully saturated rings. The van der Waals surface area contributed by atoms with E-state index >= 15 is 0 Å². The highest BCUT2D eigenvalue weighted by Gasteiger charge is 2.26. The molecule has 0 aliphatic carbocycles. The molecule has 1 aromatic carbocycles. The Labute approximate surface area is 159 Å². The van der Waals surface area contributed by atoms with Gasteiger partial charge >= 0.3 is 0 Å². The second-order valence-corrected chi connectivity index (χ2v) is 5.53. The van der Waals surface area contributed by atoms with Gasteiger partial charge in [-0.05, 0) is 44.7 Å². The van der Waals surface area contributed by atoms with Crippen LogP contribution in [-0.4, -0.2) is 54.5 Å². The predicted octanol–water partition coefficient (Wildman–Crippen LogP) is 3.83. The summed E-state index contributed by atoms with van der Waals surface area (Å²) >= 11 is 0. The zero-order chi connectivity index (χ0) is 16.5. The maximum Gasteiger partial charge on any atom is 0.243 e. The zero-order valence-electron chi connectivity index (χ0n) is 15.5. The Hall–Kier alpha value is -0.810. The molecule has 0 aliphatic heterocycles. The van der Waals surface area contributed by atoms with Gasteiger partial charge in [0, 0.05) is 12.2 Å². The van der Waals surface area contributed by atoms with Gasteiger partial charge in [0.25, 0.3) is 0 Å². The third kappa shape index (κ3) is 7.39. The number of likely N-dealkylation sites (N-methyl/N-ethyl adjacent to an activating group) is 2. The molecule has 4 nitrogen and oxygen atoms in total. The van der Waals surface area contributed by atoms with E-state index in [4.69, 9.17) is 0 Å². The van der Waals surface area contributed by atoms with Gasteiger partial charge in [0.1, 0.15) is 6.04 Å². The summed E-state index contributed by atoms with van der Waals surface area (Å²) in [5.74, 6) is 0.0879. The number of para-hydroxylation sites is 1. The van der Waals surface area contributed by atoms with E-state index < -0.39 is 0 Å². The van der Waals surface area contributed by atoms with Crippen LogP contribution in [0.2, 0.25) is 0 Å². The molecule has 1 rings (SSSR count). The van der Waals surface area contributed by atoms with Gasteiger partial charge in [-0.15, -0.1) is 24.8 Å². The van der Waals surface area contributed by atoms with Crippen LogP contribution in [0.3, 0.4) is 0 Å². The van der Waals surface area contributed by atoms with E-state index in [1.807, 2.05) is 31.2 Å². The van der Waals surface area contributed by atoms with Crippen LogP contribution in [0.4, 0.5) is 5.69 Å². The van der Waals surface area contributed by atoms with Crippen molar-refractivity contribution in [3.8, 4) is 0 Å². The van der Waals surface area contributed by atoms with E-state index in [1.54, 1.807) is 0 Å². The van der Waals surface area contributed by atoms with Crippen LogP contribution < -0.4 is 5.32 Å². The molecule has 140 valence electrons. The van der Waals surface area contributed by atoms with Crippen molar-refractivity contribution in [2.24, 2.45) is 0 Å². The average Bonchev–Trinajstić information content (AvgIpc) is 2.53. The van der Waals surface area contributed by atoms with Crippen molar-refractivity contribution in [3.63, 3.8) is 0 Å². The number of hydrogen-bond donors (Lipinski definition) is 1. The SMILES string of the molecule is CCN(CC)CC(C(=O)Nc1ccccc1C)N(CC)CC.Cl.Cl. The first-order chi connectivity index (χ1) is 10.6. The second-order valence-electron chi connectivity index (χ2n) is 5.53. The molecule has 0 aliphatic rings. The Morgan fingerprint density at radius 3 is 2.00 bits per heavy atom. The molecule has 0 saturated heterocycles. The molecule has 1 unspecified atom stereocenters. The summed E-state index contributed by atoms with van der Waals surface area (Å²) in [6.07, 6.45) is 0. The lowest BCUT2D eigenvalue weighted by molar-refractivity contribution is -0.121. The number of amides is 1. The molecule has 0 heterocycles. The van der Waals surface area contributed by atoms with Crippen LogP contribution in [0.25, 0.3) is 0 Å². The predicted molar refractivity (Wildman–Crippen MR) is 109 cm³/mol. The number of rotatable bonds is 9. The molecule has 0 aromatic heterocycles. The molecule has 24 heavy (non-hydrogen) atoms. The van der Waals surface area contributed by atoms with Crippen LogP contribution in [0, 0.1) is 6.92 Å². The van der Waals surface area contributed by atoms with Crippen molar-refractivity contribution in [3.05, 3.63) is 29.8 Å². The van der Waals surface area contributed by atoms with E-state index in [9.17, 15) is 4.79 Å². The van der Waals surface area contributed by atoms with E-state index in [0.29, 0.717) is 0 Å². The van der Waals surface area contributed by atoms with E-state index in [0.717, 1.165) is 44.0 Å². The topological polar surface area (TPSA) is 35.6 Å². The number of nitrogens with zero attached hydrogens (tertiary/aromatic N) is 2. The van der Waals surface area contributed by atoms with Crippen LogP contribution in [0.5, 0.6) is 0 Å². The normalized spacial score (nSPS) is 11.6.